The van der Waals surface area contributed by atoms with E-state index in [4.69, 9.17) is 4.52 Å². The Kier molecular flexibility index (Phi) is 30.6. The van der Waals surface area contributed by atoms with Gasteiger partial charge in [-0.05, 0) is 54.0 Å². The van der Waals surface area contributed by atoms with E-state index in [1.165, 1.54) is 180 Å². The minimum Gasteiger partial charge on any atom is -0.507 e. The van der Waals surface area contributed by atoms with Gasteiger partial charge in [-0.15, -0.1) is 0 Å². The van der Waals surface area contributed by atoms with Crippen LogP contribution in [0.3, 0.4) is 0 Å². The van der Waals surface area contributed by atoms with Crippen LogP contribution in [0.1, 0.15) is 270 Å². The summed E-state index contributed by atoms with van der Waals surface area (Å²) in [5, 5.41) is 11.0. The van der Waals surface area contributed by atoms with Gasteiger partial charge in [0.1, 0.15) is 11.4 Å². The predicted octanol–water partition coefficient (Wildman–Crippen LogP) is 16.9. The summed E-state index contributed by atoms with van der Waals surface area (Å²) in [6.07, 6.45) is 43.9. The Morgan fingerprint density at radius 3 is 1.06 bits per heavy atom. The van der Waals surface area contributed by atoms with Crippen LogP contribution in [0.2, 0.25) is 0 Å². The minimum absolute atomic E-state index is 0.246. The van der Waals surface area contributed by atoms with Gasteiger partial charge in [0, 0.05) is 0 Å². The summed E-state index contributed by atoms with van der Waals surface area (Å²) >= 11 is 0. The molecule has 0 fully saturated rings. The fourth-order valence-electron chi connectivity index (χ4n) is 8.27. The molecule has 0 amide bonds. The van der Waals surface area contributed by atoms with Crippen molar-refractivity contribution in [1.82, 2.24) is 0 Å². The zero-order valence-electron chi connectivity index (χ0n) is 36.4. The summed E-state index contributed by atoms with van der Waals surface area (Å²) in [4.78, 5) is 10.2. The van der Waals surface area contributed by atoms with E-state index in [-0.39, 0.29) is 5.41 Å². The molecular formula is C48H91O4P. The van der Waals surface area contributed by atoms with Gasteiger partial charge in [-0.2, -0.15) is 0 Å². The molecule has 2 N–H and O–H groups in total. The highest BCUT2D eigenvalue weighted by atomic mass is 31.1. The van der Waals surface area contributed by atoms with Crippen LogP contribution in [-0.2, 0) is 20.1 Å². The number of unbranched alkanes of at least 4 members (excludes halogenated alkanes) is 30. The molecule has 0 spiro atoms. The van der Waals surface area contributed by atoms with E-state index < -0.39 is 13.9 Å². The number of hydrogen-bond donors (Lipinski definition) is 2. The van der Waals surface area contributed by atoms with Crippen LogP contribution in [0.5, 0.6) is 5.75 Å². The molecule has 4 nitrogen and oxygen atoms in total. The molecule has 312 valence electrons. The molecule has 5 heteroatoms. The van der Waals surface area contributed by atoms with Gasteiger partial charge >= 0.3 is 8.25 Å². The zero-order chi connectivity index (χ0) is 39.0. The lowest BCUT2D eigenvalue weighted by Gasteiger charge is -2.35. The highest BCUT2D eigenvalue weighted by molar-refractivity contribution is 7.32. The van der Waals surface area contributed by atoms with Crippen molar-refractivity contribution in [3.8, 4) is 5.75 Å². The van der Waals surface area contributed by atoms with Crippen molar-refractivity contribution in [2.24, 2.45) is 0 Å². The maximum Gasteiger partial charge on any atom is 0.317 e. The third-order valence-corrected chi connectivity index (χ3v) is 12.4. The van der Waals surface area contributed by atoms with Crippen molar-refractivity contribution in [3.63, 3.8) is 0 Å². The third-order valence-electron chi connectivity index (χ3n) is 11.8. The van der Waals surface area contributed by atoms with Gasteiger partial charge in [0.05, 0.1) is 0 Å². The lowest BCUT2D eigenvalue weighted by molar-refractivity contribution is 0.0378. The Balaban J connectivity index is 2.57. The number of rotatable bonds is 37. The third kappa shape index (κ3) is 25.1. The first-order valence-corrected chi connectivity index (χ1v) is 24.6. The summed E-state index contributed by atoms with van der Waals surface area (Å²) in [7, 11) is -3.16. The number of benzene rings is 1. The van der Waals surface area contributed by atoms with E-state index in [9.17, 15) is 14.6 Å². The van der Waals surface area contributed by atoms with Gasteiger partial charge in [-0.1, -0.05) is 240 Å². The molecule has 0 aliphatic heterocycles. The highest BCUT2D eigenvalue weighted by Gasteiger charge is 2.36. The molecular weight excluding hydrogens is 671 g/mol. The Bertz CT molecular complexity index is 980. The monoisotopic (exact) mass is 763 g/mol. The molecule has 0 saturated heterocycles. The molecule has 0 heterocycles. The maximum atomic E-state index is 12.5. The second-order valence-corrected chi connectivity index (χ2v) is 18.6. The van der Waals surface area contributed by atoms with Crippen LogP contribution in [0.15, 0.2) is 12.1 Å². The Morgan fingerprint density at radius 1 is 0.509 bits per heavy atom. The fraction of sp³-hybridized carbons (Fsp3) is 0.875. The predicted molar refractivity (Wildman–Crippen MR) is 234 cm³/mol. The van der Waals surface area contributed by atoms with Crippen LogP contribution in [-0.4, -0.2) is 10.00 Å². The van der Waals surface area contributed by atoms with Crippen molar-refractivity contribution in [2.45, 2.75) is 271 Å². The molecule has 1 aromatic carbocycles. The summed E-state index contributed by atoms with van der Waals surface area (Å²) in [5.41, 5.74) is 1.62. The smallest absolute Gasteiger partial charge is 0.317 e. The molecule has 1 aromatic rings. The first-order valence-electron chi connectivity index (χ1n) is 23.3. The lowest BCUT2D eigenvalue weighted by atomic mass is 9.78. The molecule has 1 unspecified atom stereocenters. The number of phenolic OH excluding ortho intramolecular Hbond substituents is 1. The van der Waals surface area contributed by atoms with Crippen molar-refractivity contribution >= 4 is 8.25 Å². The Hall–Kier alpha value is -0.830. The topological polar surface area (TPSA) is 66.8 Å². The molecule has 0 aliphatic carbocycles. The first-order chi connectivity index (χ1) is 25.6. The SMILES string of the molecule is CCCCCCCCCCCCCCCCCCC(CCCCCCCCCCCCCCCCCC)(O[PH](=O)O)c1cc(C)c(O)c(C(C)(C)C)c1. The molecule has 0 saturated carbocycles. The van der Waals surface area contributed by atoms with E-state index >= 15 is 0 Å². The van der Waals surface area contributed by atoms with Crippen LogP contribution in [0.25, 0.3) is 0 Å². The fourth-order valence-corrected chi connectivity index (χ4v) is 8.93. The average molecular weight is 763 g/mol. The summed E-state index contributed by atoms with van der Waals surface area (Å²) in [6.45, 7) is 12.9. The van der Waals surface area contributed by atoms with Crippen molar-refractivity contribution in [1.29, 1.82) is 0 Å². The molecule has 0 aromatic heterocycles. The summed E-state index contributed by atoms with van der Waals surface area (Å²) in [5.74, 6) is 0.330. The summed E-state index contributed by atoms with van der Waals surface area (Å²) in [6, 6.07) is 4.10. The van der Waals surface area contributed by atoms with E-state index in [2.05, 4.69) is 40.7 Å². The number of aryl methyl sites for hydroxylation is 1. The quantitative estimate of drug-likeness (QED) is 0.0523. The van der Waals surface area contributed by atoms with Crippen LogP contribution in [0.4, 0.5) is 0 Å². The minimum atomic E-state index is -3.16. The molecule has 0 bridgehead atoms. The van der Waals surface area contributed by atoms with Gasteiger partial charge in [0.2, 0.25) is 0 Å². The van der Waals surface area contributed by atoms with E-state index in [1.54, 1.807) is 0 Å². The van der Waals surface area contributed by atoms with E-state index in [0.717, 1.165) is 55.2 Å². The van der Waals surface area contributed by atoms with Gasteiger partial charge in [0.25, 0.3) is 0 Å². The molecule has 1 rings (SSSR count). The Morgan fingerprint density at radius 2 is 0.792 bits per heavy atom. The van der Waals surface area contributed by atoms with Crippen molar-refractivity contribution in [2.75, 3.05) is 0 Å². The molecule has 0 radical (unpaired) electrons. The standard InChI is InChI=1S/C48H91O4P/c1-7-9-11-13-15-17-19-21-23-25-27-29-31-33-35-37-39-48(52-53(50)51,44-41-43(3)46(49)45(42-44)47(4,5)6)40-38-36-34-32-30-28-26-24-22-20-18-16-14-12-10-8-2/h41-42,49,53H,7-40H2,1-6H3,(H,50,51). The first kappa shape index (κ1) is 50.2. The van der Waals surface area contributed by atoms with Gasteiger partial charge in [-0.25, -0.2) is 0 Å². The second-order valence-electron chi connectivity index (χ2n) is 17.9. The number of phenols is 1. The Labute approximate surface area is 331 Å². The number of aromatic hydroxyl groups is 1. The van der Waals surface area contributed by atoms with E-state index in [0.29, 0.717) is 5.75 Å². The van der Waals surface area contributed by atoms with Gasteiger partial charge in [-0.3, -0.25) is 9.09 Å². The zero-order valence-corrected chi connectivity index (χ0v) is 37.4. The van der Waals surface area contributed by atoms with E-state index in [1.807, 2.05) is 13.0 Å². The van der Waals surface area contributed by atoms with Crippen LogP contribution >= 0.6 is 8.25 Å². The van der Waals surface area contributed by atoms with Crippen LogP contribution in [0, 0.1) is 6.92 Å². The summed E-state index contributed by atoms with van der Waals surface area (Å²) < 4.78 is 18.6. The normalized spacial score (nSPS) is 12.9. The molecule has 0 aliphatic rings. The number of hydrogen-bond acceptors (Lipinski definition) is 3. The van der Waals surface area contributed by atoms with Crippen molar-refractivity contribution < 1.29 is 19.1 Å². The lowest BCUT2D eigenvalue weighted by Crippen LogP contribution is -2.29. The maximum absolute atomic E-state index is 12.5. The second kappa shape index (κ2) is 32.3. The molecule has 1 atom stereocenters. The van der Waals surface area contributed by atoms with Gasteiger partial charge in [0.15, 0.2) is 0 Å². The largest absolute Gasteiger partial charge is 0.507 e. The van der Waals surface area contributed by atoms with Gasteiger partial charge < -0.3 is 10.00 Å². The van der Waals surface area contributed by atoms with Crippen molar-refractivity contribution in [3.05, 3.63) is 28.8 Å². The van der Waals surface area contributed by atoms with Crippen LogP contribution < -0.4 is 0 Å². The average Bonchev–Trinajstić information content (AvgIpc) is 3.11. The highest BCUT2D eigenvalue weighted by Crippen LogP contribution is 2.46. The molecule has 53 heavy (non-hydrogen) atoms.